The number of aryl methyl sites for hydroxylation is 1. The van der Waals surface area contributed by atoms with Crippen molar-refractivity contribution in [1.29, 1.82) is 5.26 Å². The Morgan fingerprint density at radius 2 is 2.04 bits per heavy atom. The van der Waals surface area contributed by atoms with Gasteiger partial charge in [0.15, 0.2) is 0 Å². The van der Waals surface area contributed by atoms with Crippen LogP contribution in [0.3, 0.4) is 0 Å². The van der Waals surface area contributed by atoms with Crippen molar-refractivity contribution >= 4 is 11.7 Å². The van der Waals surface area contributed by atoms with Crippen molar-refractivity contribution in [3.8, 4) is 11.8 Å². The third-order valence-corrected chi connectivity index (χ3v) is 4.09. The van der Waals surface area contributed by atoms with E-state index in [4.69, 9.17) is 10.00 Å². The van der Waals surface area contributed by atoms with Crippen molar-refractivity contribution in [1.82, 2.24) is 14.9 Å². The lowest BCUT2D eigenvalue weighted by Crippen LogP contribution is -2.34. The Kier molecular flexibility index (Phi) is 5.38. The topological polar surface area (TPSA) is 92.0 Å². The van der Waals surface area contributed by atoms with E-state index in [9.17, 15) is 4.79 Å². The number of methoxy groups -OCH3 is 1. The third kappa shape index (κ3) is 4.25. The predicted molar refractivity (Wildman–Crippen MR) is 101 cm³/mol. The summed E-state index contributed by atoms with van der Waals surface area (Å²) in [5.41, 5.74) is 1.97. The molecule has 2 N–H and O–H groups in total. The van der Waals surface area contributed by atoms with Crippen LogP contribution < -0.4 is 15.4 Å². The summed E-state index contributed by atoms with van der Waals surface area (Å²) in [6.45, 7) is 0. The fraction of sp³-hybridized carbons (Fsp3) is 0.150. The van der Waals surface area contributed by atoms with Gasteiger partial charge in [0.2, 0.25) is 0 Å². The molecule has 0 saturated carbocycles. The van der Waals surface area contributed by atoms with Gasteiger partial charge in [0, 0.05) is 25.1 Å². The molecule has 27 heavy (non-hydrogen) atoms. The summed E-state index contributed by atoms with van der Waals surface area (Å²) in [5.74, 6) is 1.39. The summed E-state index contributed by atoms with van der Waals surface area (Å²) in [6, 6.07) is 15.3. The van der Waals surface area contributed by atoms with Gasteiger partial charge in [-0.2, -0.15) is 5.26 Å². The number of nitriles is 1. The SMILES string of the molecule is COc1cccc(C(NC(=O)Nc2ccc(C#N)cc2)c2nccn2C)c1. The average Bonchev–Trinajstić information content (AvgIpc) is 3.12. The molecule has 1 aromatic heterocycles. The number of carbonyl (C=O) groups excluding carboxylic acids is 1. The smallest absolute Gasteiger partial charge is 0.320 e. The summed E-state index contributed by atoms with van der Waals surface area (Å²) in [6.07, 6.45) is 3.51. The summed E-state index contributed by atoms with van der Waals surface area (Å²) >= 11 is 0. The van der Waals surface area contributed by atoms with Crippen LogP contribution in [0.25, 0.3) is 0 Å². The zero-order valence-corrected chi connectivity index (χ0v) is 15.0. The Labute approximate surface area is 157 Å². The highest BCUT2D eigenvalue weighted by molar-refractivity contribution is 5.89. The van der Waals surface area contributed by atoms with Crippen molar-refractivity contribution in [3.05, 3.63) is 77.9 Å². The number of carbonyl (C=O) groups is 1. The number of hydrogen-bond donors (Lipinski definition) is 2. The Morgan fingerprint density at radius 1 is 1.26 bits per heavy atom. The minimum atomic E-state index is -0.460. The van der Waals surface area contributed by atoms with Crippen molar-refractivity contribution in [2.75, 3.05) is 12.4 Å². The van der Waals surface area contributed by atoms with Gasteiger partial charge in [0.05, 0.1) is 18.7 Å². The average molecular weight is 361 g/mol. The van der Waals surface area contributed by atoms with Gasteiger partial charge in [0.1, 0.15) is 17.6 Å². The normalized spacial score (nSPS) is 11.3. The molecular weight excluding hydrogens is 342 g/mol. The number of amides is 2. The molecule has 0 aliphatic carbocycles. The fourth-order valence-corrected chi connectivity index (χ4v) is 2.70. The highest BCUT2D eigenvalue weighted by Gasteiger charge is 2.21. The van der Waals surface area contributed by atoms with E-state index in [0.29, 0.717) is 22.8 Å². The van der Waals surface area contributed by atoms with Gasteiger partial charge >= 0.3 is 6.03 Å². The van der Waals surface area contributed by atoms with E-state index in [1.54, 1.807) is 37.6 Å². The largest absolute Gasteiger partial charge is 0.497 e. The first-order valence-electron chi connectivity index (χ1n) is 8.29. The van der Waals surface area contributed by atoms with Gasteiger partial charge in [-0.1, -0.05) is 12.1 Å². The van der Waals surface area contributed by atoms with E-state index in [1.165, 1.54) is 0 Å². The lowest BCUT2D eigenvalue weighted by Gasteiger charge is -2.20. The molecule has 2 amide bonds. The molecule has 3 rings (SSSR count). The van der Waals surface area contributed by atoms with Gasteiger partial charge in [-0.05, 0) is 42.0 Å². The first kappa shape index (κ1) is 18.0. The van der Waals surface area contributed by atoms with E-state index >= 15 is 0 Å². The minimum absolute atomic E-state index is 0.379. The first-order chi connectivity index (χ1) is 13.1. The monoisotopic (exact) mass is 361 g/mol. The molecule has 0 radical (unpaired) electrons. The summed E-state index contributed by atoms with van der Waals surface area (Å²) in [4.78, 5) is 16.9. The molecule has 1 atom stereocenters. The first-order valence-corrected chi connectivity index (χ1v) is 8.29. The second kappa shape index (κ2) is 8.06. The Balaban J connectivity index is 1.83. The Bertz CT molecular complexity index is 973. The molecule has 0 spiro atoms. The summed E-state index contributed by atoms with van der Waals surface area (Å²) in [5, 5.41) is 14.6. The molecule has 0 bridgehead atoms. The maximum absolute atomic E-state index is 12.6. The second-order valence-corrected chi connectivity index (χ2v) is 5.89. The highest BCUT2D eigenvalue weighted by atomic mass is 16.5. The van der Waals surface area contributed by atoms with Crippen LogP contribution in [0.4, 0.5) is 10.5 Å². The molecule has 7 heteroatoms. The second-order valence-electron chi connectivity index (χ2n) is 5.89. The Morgan fingerprint density at radius 3 is 2.67 bits per heavy atom. The summed E-state index contributed by atoms with van der Waals surface area (Å²) in [7, 11) is 3.47. The van der Waals surface area contributed by atoms with E-state index in [2.05, 4.69) is 15.6 Å². The van der Waals surface area contributed by atoms with Crippen LogP contribution in [0.5, 0.6) is 5.75 Å². The molecule has 1 unspecified atom stereocenters. The fourth-order valence-electron chi connectivity index (χ4n) is 2.70. The molecule has 0 fully saturated rings. The third-order valence-electron chi connectivity index (χ3n) is 4.09. The molecule has 1 heterocycles. The maximum atomic E-state index is 12.6. The van der Waals surface area contributed by atoms with Crippen molar-refractivity contribution in [2.24, 2.45) is 7.05 Å². The number of aromatic nitrogens is 2. The number of nitrogens with one attached hydrogen (secondary N) is 2. The molecule has 0 aliphatic heterocycles. The highest BCUT2D eigenvalue weighted by Crippen LogP contribution is 2.24. The number of nitrogens with zero attached hydrogens (tertiary/aromatic N) is 3. The minimum Gasteiger partial charge on any atom is -0.497 e. The number of hydrogen-bond acceptors (Lipinski definition) is 4. The molecule has 2 aromatic carbocycles. The molecule has 3 aromatic rings. The van der Waals surface area contributed by atoms with Crippen molar-refractivity contribution < 1.29 is 9.53 Å². The van der Waals surface area contributed by atoms with Crippen molar-refractivity contribution in [3.63, 3.8) is 0 Å². The van der Waals surface area contributed by atoms with Crippen LogP contribution in [-0.4, -0.2) is 22.7 Å². The van der Waals surface area contributed by atoms with E-state index in [-0.39, 0.29) is 6.03 Å². The molecule has 0 saturated heterocycles. The van der Waals surface area contributed by atoms with Gasteiger partial charge in [-0.15, -0.1) is 0 Å². The number of benzene rings is 2. The van der Waals surface area contributed by atoms with E-state index in [1.807, 2.05) is 48.1 Å². The van der Waals surface area contributed by atoms with Crippen LogP contribution in [0.15, 0.2) is 60.9 Å². The van der Waals surface area contributed by atoms with Crippen LogP contribution in [0.2, 0.25) is 0 Å². The van der Waals surface area contributed by atoms with Gasteiger partial charge in [-0.3, -0.25) is 0 Å². The van der Waals surface area contributed by atoms with E-state index < -0.39 is 6.04 Å². The van der Waals surface area contributed by atoms with Crippen LogP contribution >= 0.6 is 0 Å². The van der Waals surface area contributed by atoms with Crippen LogP contribution in [0, 0.1) is 11.3 Å². The lowest BCUT2D eigenvalue weighted by atomic mass is 10.1. The van der Waals surface area contributed by atoms with E-state index in [0.717, 1.165) is 5.56 Å². The molecule has 0 aliphatic rings. The quantitative estimate of drug-likeness (QED) is 0.730. The maximum Gasteiger partial charge on any atom is 0.320 e. The zero-order chi connectivity index (χ0) is 19.2. The van der Waals surface area contributed by atoms with Gasteiger partial charge in [0.25, 0.3) is 0 Å². The number of anilines is 1. The molecule has 7 nitrogen and oxygen atoms in total. The lowest BCUT2D eigenvalue weighted by molar-refractivity contribution is 0.249. The Hall–Kier alpha value is -3.79. The van der Waals surface area contributed by atoms with Crippen LogP contribution in [-0.2, 0) is 7.05 Å². The van der Waals surface area contributed by atoms with Crippen LogP contribution in [0.1, 0.15) is 23.0 Å². The van der Waals surface area contributed by atoms with Gasteiger partial charge in [-0.25, -0.2) is 9.78 Å². The van der Waals surface area contributed by atoms with Gasteiger partial charge < -0.3 is 19.9 Å². The molecule has 136 valence electrons. The number of ether oxygens (including phenoxy) is 1. The standard InChI is InChI=1S/C20H19N5O2/c1-25-11-10-22-19(25)18(15-4-3-5-17(12-15)27-2)24-20(26)23-16-8-6-14(13-21)7-9-16/h3-12,18H,1-2H3,(H2,23,24,26). The molecular formula is C20H19N5O2. The summed E-state index contributed by atoms with van der Waals surface area (Å²) < 4.78 is 7.15. The number of urea groups is 1. The predicted octanol–water partition coefficient (Wildman–Crippen LogP) is 3.21. The zero-order valence-electron chi connectivity index (χ0n) is 15.0. The number of rotatable bonds is 5. The number of imidazole rings is 1. The van der Waals surface area contributed by atoms with Crippen molar-refractivity contribution in [2.45, 2.75) is 6.04 Å².